The van der Waals surface area contributed by atoms with E-state index in [9.17, 15) is 13.2 Å². The van der Waals surface area contributed by atoms with E-state index < -0.39 is 16.1 Å². The average Bonchev–Trinajstić information content (AvgIpc) is 3.53. The van der Waals surface area contributed by atoms with E-state index in [-0.39, 0.29) is 16.7 Å². The summed E-state index contributed by atoms with van der Waals surface area (Å²) in [6.07, 6.45) is 6.71. The van der Waals surface area contributed by atoms with Crippen LogP contribution in [0.3, 0.4) is 0 Å². The van der Waals surface area contributed by atoms with E-state index >= 15 is 0 Å². The number of aromatic nitrogens is 5. The quantitative estimate of drug-likeness (QED) is 0.363. The van der Waals surface area contributed by atoms with Crippen LogP contribution in [0.1, 0.15) is 34.4 Å². The number of amides is 1. The number of benzene rings is 1. The fourth-order valence-electron chi connectivity index (χ4n) is 4.20. The Labute approximate surface area is 211 Å². The van der Waals surface area contributed by atoms with E-state index in [2.05, 4.69) is 25.4 Å². The lowest BCUT2D eigenvalue weighted by atomic mass is 10.1. The highest BCUT2D eigenvalue weighted by atomic mass is 32.2. The highest BCUT2D eigenvalue weighted by Crippen LogP contribution is 2.38. The molecule has 5 heterocycles. The average molecular weight is 516 g/mol. The van der Waals surface area contributed by atoms with Crippen LogP contribution >= 0.6 is 0 Å². The van der Waals surface area contributed by atoms with Gasteiger partial charge in [-0.05, 0) is 49.2 Å². The summed E-state index contributed by atoms with van der Waals surface area (Å²) in [5.41, 5.74) is 3.14. The minimum Gasteiger partial charge on any atom is -0.337 e. The molecule has 186 valence electrons. The molecule has 0 spiro atoms. The fourth-order valence-corrected chi connectivity index (χ4v) is 5.80. The standard InChI is InChI=1S/C25H21N7O4S/c1-16-7-8-17(13-19(16)28-24(33)21-15-27-22-6-2-3-11-31(21)22)23-29-25(36-30-23)20-9-12-32(20)37(34,35)18-5-4-10-26-14-18/h2-8,10-11,13-15,20H,9,12H2,1H3,(H,28,33)/t20-/m1/s1. The summed E-state index contributed by atoms with van der Waals surface area (Å²) < 4.78 is 34.5. The van der Waals surface area contributed by atoms with Crippen molar-refractivity contribution in [3.8, 4) is 11.4 Å². The van der Waals surface area contributed by atoms with Gasteiger partial charge in [-0.15, -0.1) is 0 Å². The number of fused-ring (bicyclic) bond motifs is 1. The minimum atomic E-state index is -3.73. The number of hydrogen-bond acceptors (Lipinski definition) is 8. The van der Waals surface area contributed by atoms with Gasteiger partial charge in [0.15, 0.2) is 0 Å². The molecule has 0 unspecified atom stereocenters. The Hall–Kier alpha value is -4.42. The Kier molecular flexibility index (Phi) is 5.54. The Balaban J connectivity index is 1.24. The number of carbonyl (C=O) groups excluding carboxylic acids is 1. The van der Waals surface area contributed by atoms with Crippen LogP contribution < -0.4 is 5.32 Å². The number of anilines is 1. The van der Waals surface area contributed by atoms with E-state index in [1.165, 1.54) is 29.0 Å². The second kappa shape index (κ2) is 8.91. The van der Waals surface area contributed by atoms with E-state index in [0.717, 1.165) is 5.56 Å². The van der Waals surface area contributed by atoms with Gasteiger partial charge in [-0.25, -0.2) is 13.4 Å². The first-order valence-electron chi connectivity index (χ1n) is 11.5. The normalized spacial score (nSPS) is 16.0. The van der Waals surface area contributed by atoms with E-state index in [0.29, 0.717) is 41.4 Å². The molecule has 0 aliphatic carbocycles. The number of rotatable bonds is 6. The molecule has 11 nitrogen and oxygen atoms in total. The van der Waals surface area contributed by atoms with Crippen LogP contribution in [0.5, 0.6) is 0 Å². The van der Waals surface area contributed by atoms with Crippen molar-refractivity contribution in [3.05, 3.63) is 90.5 Å². The van der Waals surface area contributed by atoms with Crippen LogP contribution in [0.2, 0.25) is 0 Å². The van der Waals surface area contributed by atoms with Crippen LogP contribution in [-0.4, -0.2) is 49.7 Å². The highest BCUT2D eigenvalue weighted by molar-refractivity contribution is 7.89. The van der Waals surface area contributed by atoms with Crippen LogP contribution in [0, 0.1) is 6.92 Å². The molecule has 5 aromatic rings. The van der Waals surface area contributed by atoms with Crippen molar-refractivity contribution in [2.24, 2.45) is 0 Å². The summed E-state index contributed by atoms with van der Waals surface area (Å²) in [5, 5.41) is 7.01. The number of carbonyl (C=O) groups is 1. The van der Waals surface area contributed by atoms with E-state index in [1.807, 2.05) is 37.3 Å². The number of hydrogen-bond donors (Lipinski definition) is 1. The monoisotopic (exact) mass is 515 g/mol. The maximum Gasteiger partial charge on any atom is 0.274 e. The van der Waals surface area contributed by atoms with Crippen LogP contribution in [0.25, 0.3) is 17.0 Å². The lowest BCUT2D eigenvalue weighted by Crippen LogP contribution is -2.45. The SMILES string of the molecule is Cc1ccc(-c2noc([C@H]3CCN3S(=O)(=O)c3cccnc3)n2)cc1NC(=O)c1cnc2ccccn12. The molecule has 1 saturated heterocycles. The zero-order valence-corrected chi connectivity index (χ0v) is 20.5. The van der Waals surface area contributed by atoms with Gasteiger partial charge in [-0.2, -0.15) is 9.29 Å². The Bertz CT molecular complexity index is 1730. The molecule has 1 atom stereocenters. The van der Waals surface area contributed by atoms with Gasteiger partial charge in [0, 0.05) is 36.4 Å². The van der Waals surface area contributed by atoms with E-state index in [4.69, 9.17) is 4.52 Å². The summed E-state index contributed by atoms with van der Waals surface area (Å²) >= 11 is 0. The number of sulfonamides is 1. The maximum atomic E-state index is 13.0. The molecule has 1 aliphatic rings. The summed E-state index contributed by atoms with van der Waals surface area (Å²) in [6, 6.07) is 13.5. The highest BCUT2D eigenvalue weighted by Gasteiger charge is 2.42. The lowest BCUT2D eigenvalue weighted by molar-refractivity contribution is 0.102. The second-order valence-electron chi connectivity index (χ2n) is 8.62. The minimum absolute atomic E-state index is 0.115. The van der Waals surface area contributed by atoms with Gasteiger partial charge in [-0.1, -0.05) is 23.4 Å². The molecule has 37 heavy (non-hydrogen) atoms. The van der Waals surface area contributed by atoms with Gasteiger partial charge in [-0.3, -0.25) is 14.2 Å². The summed E-state index contributed by atoms with van der Waals surface area (Å²) in [7, 11) is -3.73. The Morgan fingerprint density at radius 2 is 2.03 bits per heavy atom. The summed E-state index contributed by atoms with van der Waals surface area (Å²) in [5.74, 6) is 0.204. The van der Waals surface area contributed by atoms with Crippen molar-refractivity contribution < 1.29 is 17.7 Å². The van der Waals surface area contributed by atoms with Gasteiger partial charge in [0.1, 0.15) is 22.3 Å². The van der Waals surface area contributed by atoms with Crippen LogP contribution in [0.15, 0.2) is 82.7 Å². The second-order valence-corrected chi connectivity index (χ2v) is 10.5. The van der Waals surface area contributed by atoms with Crippen molar-refractivity contribution in [1.29, 1.82) is 0 Å². The first-order chi connectivity index (χ1) is 17.9. The van der Waals surface area contributed by atoms with Gasteiger partial charge >= 0.3 is 0 Å². The number of imidazole rings is 1. The molecular formula is C25H21N7O4S. The molecule has 0 bridgehead atoms. The maximum absolute atomic E-state index is 13.0. The van der Waals surface area contributed by atoms with Crippen molar-refractivity contribution in [2.45, 2.75) is 24.3 Å². The van der Waals surface area contributed by atoms with Gasteiger partial charge in [0.2, 0.25) is 21.7 Å². The summed E-state index contributed by atoms with van der Waals surface area (Å²) in [6.45, 7) is 2.23. The third kappa shape index (κ3) is 4.05. The predicted octanol–water partition coefficient (Wildman–Crippen LogP) is 3.48. The molecule has 1 aliphatic heterocycles. The molecule has 0 saturated carbocycles. The third-order valence-electron chi connectivity index (χ3n) is 6.33. The fraction of sp³-hybridized carbons (Fsp3) is 0.160. The molecule has 12 heteroatoms. The lowest BCUT2D eigenvalue weighted by Gasteiger charge is -2.36. The smallest absolute Gasteiger partial charge is 0.274 e. The Morgan fingerprint density at radius 1 is 1.14 bits per heavy atom. The zero-order valence-electron chi connectivity index (χ0n) is 19.6. The number of pyridine rings is 2. The first-order valence-corrected chi connectivity index (χ1v) is 13.0. The number of nitrogens with one attached hydrogen (secondary N) is 1. The molecule has 1 fully saturated rings. The predicted molar refractivity (Wildman–Crippen MR) is 133 cm³/mol. The van der Waals surface area contributed by atoms with Crippen molar-refractivity contribution in [1.82, 2.24) is 28.8 Å². The van der Waals surface area contributed by atoms with Crippen molar-refractivity contribution in [3.63, 3.8) is 0 Å². The van der Waals surface area contributed by atoms with Gasteiger partial charge in [0.25, 0.3) is 5.91 Å². The molecule has 1 amide bonds. The molecule has 1 aromatic carbocycles. The first kappa shape index (κ1) is 23.0. The van der Waals surface area contributed by atoms with E-state index in [1.54, 1.807) is 22.7 Å². The van der Waals surface area contributed by atoms with Gasteiger partial charge in [0.05, 0.1) is 6.20 Å². The van der Waals surface area contributed by atoms with Gasteiger partial charge < -0.3 is 9.84 Å². The topological polar surface area (TPSA) is 136 Å². The Morgan fingerprint density at radius 3 is 2.81 bits per heavy atom. The van der Waals surface area contributed by atoms with Crippen LogP contribution in [0.4, 0.5) is 5.69 Å². The molecule has 0 radical (unpaired) electrons. The van der Waals surface area contributed by atoms with Crippen LogP contribution in [-0.2, 0) is 10.0 Å². The number of aryl methyl sites for hydroxylation is 1. The number of nitrogens with zero attached hydrogens (tertiary/aromatic N) is 6. The molecule has 1 N–H and O–H groups in total. The zero-order chi connectivity index (χ0) is 25.6. The molecule has 4 aromatic heterocycles. The molecular weight excluding hydrogens is 494 g/mol. The van der Waals surface area contributed by atoms with Crippen molar-refractivity contribution in [2.75, 3.05) is 11.9 Å². The largest absolute Gasteiger partial charge is 0.337 e. The van der Waals surface area contributed by atoms with Crippen molar-refractivity contribution >= 4 is 27.3 Å². The third-order valence-corrected chi connectivity index (χ3v) is 8.22. The molecule has 6 rings (SSSR count). The summed E-state index contributed by atoms with van der Waals surface area (Å²) in [4.78, 5) is 25.7.